The lowest BCUT2D eigenvalue weighted by molar-refractivity contribution is 0.0945. The molecule has 28 heavy (non-hydrogen) atoms. The number of thiazole rings is 1. The maximum absolute atomic E-state index is 12.3. The van der Waals surface area contributed by atoms with Crippen molar-refractivity contribution in [3.8, 4) is 0 Å². The number of aromatic nitrogens is 5. The van der Waals surface area contributed by atoms with Gasteiger partial charge in [-0.25, -0.2) is 15.0 Å². The molecule has 0 aliphatic carbocycles. The highest BCUT2D eigenvalue weighted by Crippen LogP contribution is 2.15. The average molecular weight is 395 g/mol. The number of amides is 1. The van der Waals surface area contributed by atoms with Crippen molar-refractivity contribution in [2.75, 3.05) is 0 Å². The molecular weight excluding hydrogens is 372 g/mol. The minimum atomic E-state index is -0.147. The summed E-state index contributed by atoms with van der Waals surface area (Å²) in [5.41, 5.74) is 3.53. The topological polar surface area (TPSA) is 88.5 Å². The Balaban J connectivity index is 1.23. The Morgan fingerprint density at radius 3 is 2.89 bits per heavy atom. The van der Waals surface area contributed by atoms with Crippen LogP contribution in [0.3, 0.4) is 0 Å². The molecule has 0 radical (unpaired) electrons. The van der Waals surface area contributed by atoms with Gasteiger partial charge < -0.3 is 14.9 Å². The van der Waals surface area contributed by atoms with Gasteiger partial charge in [-0.15, -0.1) is 11.3 Å². The number of benzene rings is 1. The Morgan fingerprint density at radius 1 is 1.21 bits per heavy atom. The summed E-state index contributed by atoms with van der Waals surface area (Å²) in [4.78, 5) is 28.7. The molecule has 0 aliphatic heterocycles. The van der Waals surface area contributed by atoms with Crippen molar-refractivity contribution >= 4 is 28.3 Å². The number of H-pyrrole nitrogens is 1. The number of unbranched alkanes of at least 4 members (excludes halogenated alkanes) is 1. The molecule has 3 heterocycles. The smallest absolute Gasteiger partial charge is 0.271 e. The van der Waals surface area contributed by atoms with Gasteiger partial charge in [-0.05, 0) is 31.4 Å². The number of nitrogens with zero attached hydrogens (tertiary/aromatic N) is 4. The summed E-state index contributed by atoms with van der Waals surface area (Å²) in [5, 5.41) is 5.71. The van der Waals surface area contributed by atoms with Crippen LogP contribution in [0.15, 0.2) is 42.2 Å². The Kier molecular flexibility index (Phi) is 5.48. The summed E-state index contributed by atoms with van der Waals surface area (Å²) in [5.74, 6) is 0.876. The first-order valence-corrected chi connectivity index (χ1v) is 10.2. The molecular formula is C20H22N6OS. The number of aromatic amines is 1. The maximum Gasteiger partial charge on any atom is 0.271 e. The molecule has 0 aliphatic rings. The van der Waals surface area contributed by atoms with Crippen LogP contribution in [0, 0.1) is 0 Å². The fraction of sp³-hybridized carbons (Fsp3) is 0.300. The van der Waals surface area contributed by atoms with Crippen LogP contribution in [-0.2, 0) is 26.4 Å². The second-order valence-corrected chi connectivity index (χ2v) is 7.66. The molecule has 0 spiro atoms. The van der Waals surface area contributed by atoms with Crippen molar-refractivity contribution in [3.63, 3.8) is 0 Å². The van der Waals surface area contributed by atoms with E-state index >= 15 is 0 Å². The van der Waals surface area contributed by atoms with E-state index in [1.165, 1.54) is 0 Å². The van der Waals surface area contributed by atoms with Crippen molar-refractivity contribution in [1.82, 2.24) is 29.8 Å². The van der Waals surface area contributed by atoms with Crippen molar-refractivity contribution < 1.29 is 4.79 Å². The fourth-order valence-electron chi connectivity index (χ4n) is 3.04. The minimum Gasteiger partial charge on any atom is -0.345 e. The number of imidazole rings is 2. The fourth-order valence-corrected chi connectivity index (χ4v) is 3.86. The average Bonchev–Trinajstić information content (AvgIpc) is 3.42. The highest BCUT2D eigenvalue weighted by molar-refractivity contribution is 7.09. The molecule has 0 unspecified atom stereocenters. The van der Waals surface area contributed by atoms with Crippen LogP contribution in [0.5, 0.6) is 0 Å². The van der Waals surface area contributed by atoms with E-state index in [9.17, 15) is 4.79 Å². The van der Waals surface area contributed by atoms with Crippen LogP contribution >= 0.6 is 11.3 Å². The van der Waals surface area contributed by atoms with E-state index in [0.717, 1.165) is 53.2 Å². The standard InChI is InChI=1S/C20H22N6OS/c1-26-13-21-10-14(26)11-22-20(27)17-12-28-19(25-17)9-5-4-8-18-23-15-6-2-3-7-16(15)24-18/h2-3,6-7,10,12-13H,4-5,8-9,11H2,1H3,(H,22,27)(H,23,24). The monoisotopic (exact) mass is 394 g/mol. The molecule has 1 amide bonds. The number of carbonyl (C=O) groups excluding carboxylic acids is 1. The predicted molar refractivity (Wildman–Crippen MR) is 109 cm³/mol. The van der Waals surface area contributed by atoms with E-state index in [1.54, 1.807) is 23.9 Å². The third kappa shape index (κ3) is 4.28. The second kappa shape index (κ2) is 8.35. The van der Waals surface area contributed by atoms with Gasteiger partial charge in [0.25, 0.3) is 5.91 Å². The Morgan fingerprint density at radius 2 is 2.07 bits per heavy atom. The van der Waals surface area contributed by atoms with Gasteiger partial charge >= 0.3 is 0 Å². The van der Waals surface area contributed by atoms with Gasteiger partial charge in [-0.3, -0.25) is 4.79 Å². The minimum absolute atomic E-state index is 0.147. The first kappa shape index (κ1) is 18.4. The van der Waals surface area contributed by atoms with E-state index in [4.69, 9.17) is 0 Å². The molecule has 144 valence electrons. The summed E-state index contributed by atoms with van der Waals surface area (Å²) in [7, 11) is 1.90. The SMILES string of the molecule is Cn1cncc1CNC(=O)c1csc(CCCCc2nc3ccccc3[nH]2)n1. The van der Waals surface area contributed by atoms with Gasteiger partial charge in [0.2, 0.25) is 0 Å². The lowest BCUT2D eigenvalue weighted by atomic mass is 10.2. The summed E-state index contributed by atoms with van der Waals surface area (Å²) in [6.45, 7) is 0.444. The van der Waals surface area contributed by atoms with Gasteiger partial charge in [0.1, 0.15) is 11.5 Å². The van der Waals surface area contributed by atoms with Gasteiger partial charge in [0.05, 0.1) is 34.6 Å². The molecule has 0 saturated carbocycles. The van der Waals surface area contributed by atoms with Crippen LogP contribution in [0.1, 0.15) is 39.9 Å². The maximum atomic E-state index is 12.3. The van der Waals surface area contributed by atoms with E-state index in [1.807, 2.05) is 41.3 Å². The second-order valence-electron chi connectivity index (χ2n) is 6.71. The molecule has 0 bridgehead atoms. The normalized spacial score (nSPS) is 11.2. The van der Waals surface area contributed by atoms with Crippen molar-refractivity contribution in [3.05, 3.63) is 64.4 Å². The molecule has 7 nitrogen and oxygen atoms in total. The third-order valence-corrected chi connectivity index (χ3v) is 5.53. The van der Waals surface area contributed by atoms with E-state index in [2.05, 4.69) is 25.3 Å². The number of carbonyl (C=O) groups is 1. The molecule has 4 aromatic rings. The van der Waals surface area contributed by atoms with E-state index < -0.39 is 0 Å². The molecule has 1 aromatic carbocycles. The van der Waals surface area contributed by atoms with Crippen molar-refractivity contribution in [1.29, 1.82) is 0 Å². The zero-order valence-corrected chi connectivity index (χ0v) is 16.5. The first-order chi connectivity index (χ1) is 13.7. The number of fused-ring (bicyclic) bond motifs is 1. The molecule has 0 atom stereocenters. The number of hydrogen-bond donors (Lipinski definition) is 2. The third-order valence-electron chi connectivity index (χ3n) is 4.62. The number of para-hydroxylation sites is 2. The largest absolute Gasteiger partial charge is 0.345 e. The summed E-state index contributed by atoms with van der Waals surface area (Å²) >= 11 is 1.54. The van der Waals surface area contributed by atoms with Crippen LogP contribution < -0.4 is 5.32 Å². The predicted octanol–water partition coefficient (Wildman–Crippen LogP) is 3.25. The molecule has 4 rings (SSSR count). The van der Waals surface area contributed by atoms with E-state index in [0.29, 0.717) is 12.2 Å². The number of hydrogen-bond acceptors (Lipinski definition) is 5. The quantitative estimate of drug-likeness (QED) is 0.449. The number of nitrogens with one attached hydrogen (secondary N) is 2. The van der Waals surface area contributed by atoms with Gasteiger partial charge in [-0.1, -0.05) is 12.1 Å². The van der Waals surface area contributed by atoms with E-state index in [-0.39, 0.29) is 5.91 Å². The van der Waals surface area contributed by atoms with Gasteiger partial charge in [0, 0.05) is 25.0 Å². The Hall–Kier alpha value is -3.00. The van der Waals surface area contributed by atoms with Crippen LogP contribution in [-0.4, -0.2) is 30.4 Å². The van der Waals surface area contributed by atoms with Crippen molar-refractivity contribution in [2.24, 2.45) is 7.05 Å². The van der Waals surface area contributed by atoms with Gasteiger partial charge in [-0.2, -0.15) is 0 Å². The zero-order chi connectivity index (χ0) is 19.3. The molecule has 3 aromatic heterocycles. The van der Waals surface area contributed by atoms with Crippen LogP contribution in [0.25, 0.3) is 11.0 Å². The molecule has 0 fully saturated rings. The number of aryl methyl sites for hydroxylation is 3. The van der Waals surface area contributed by atoms with Crippen LogP contribution in [0.2, 0.25) is 0 Å². The lowest BCUT2D eigenvalue weighted by Crippen LogP contribution is -2.24. The zero-order valence-electron chi connectivity index (χ0n) is 15.7. The first-order valence-electron chi connectivity index (χ1n) is 9.30. The summed E-state index contributed by atoms with van der Waals surface area (Å²) < 4.78 is 1.88. The number of rotatable bonds is 8. The Labute approximate surface area is 166 Å². The summed E-state index contributed by atoms with van der Waals surface area (Å²) in [6.07, 6.45) is 7.29. The molecule has 8 heteroatoms. The molecule has 0 saturated heterocycles. The highest BCUT2D eigenvalue weighted by atomic mass is 32.1. The highest BCUT2D eigenvalue weighted by Gasteiger charge is 2.11. The van der Waals surface area contributed by atoms with Crippen LogP contribution in [0.4, 0.5) is 0 Å². The Bertz CT molecular complexity index is 1050. The lowest BCUT2D eigenvalue weighted by Gasteiger charge is -2.03. The molecule has 2 N–H and O–H groups in total. The van der Waals surface area contributed by atoms with Crippen molar-refractivity contribution in [2.45, 2.75) is 32.2 Å². The van der Waals surface area contributed by atoms with Gasteiger partial charge in [0.15, 0.2) is 0 Å². The summed E-state index contributed by atoms with van der Waals surface area (Å²) in [6, 6.07) is 8.07.